The summed E-state index contributed by atoms with van der Waals surface area (Å²) in [5.41, 5.74) is 5.64. The van der Waals surface area contributed by atoms with Crippen molar-refractivity contribution in [3.63, 3.8) is 0 Å². The monoisotopic (exact) mass is 228 g/mol. The zero-order valence-corrected chi connectivity index (χ0v) is 9.85. The molecule has 0 aliphatic rings. The molecule has 0 aromatic rings. The molecule has 0 spiro atoms. The number of aliphatic carboxylic acids is 1. The van der Waals surface area contributed by atoms with Crippen LogP contribution in [0.2, 0.25) is 0 Å². The second kappa shape index (κ2) is 7.00. The van der Waals surface area contributed by atoms with Crippen LogP contribution in [0.5, 0.6) is 0 Å². The van der Waals surface area contributed by atoms with Crippen molar-refractivity contribution in [1.29, 1.82) is 0 Å². The maximum absolute atomic E-state index is 11.9. The fraction of sp³-hybridized carbons (Fsp3) is 0.636. The summed E-state index contributed by atoms with van der Waals surface area (Å²) >= 11 is 0. The van der Waals surface area contributed by atoms with Crippen LogP contribution in [-0.4, -0.2) is 40.5 Å². The average molecular weight is 228 g/mol. The summed E-state index contributed by atoms with van der Waals surface area (Å²) < 4.78 is 0. The van der Waals surface area contributed by atoms with Gasteiger partial charge < -0.3 is 15.7 Å². The van der Waals surface area contributed by atoms with Gasteiger partial charge in [-0.1, -0.05) is 13.0 Å². The van der Waals surface area contributed by atoms with Gasteiger partial charge >= 0.3 is 5.97 Å². The van der Waals surface area contributed by atoms with Gasteiger partial charge in [-0.3, -0.25) is 9.59 Å². The summed E-state index contributed by atoms with van der Waals surface area (Å²) in [5.74, 6) is -1.36. The van der Waals surface area contributed by atoms with Gasteiger partial charge in [0.05, 0.1) is 6.04 Å². The van der Waals surface area contributed by atoms with E-state index < -0.39 is 12.0 Å². The second-order valence-electron chi connectivity index (χ2n) is 3.75. The first kappa shape index (κ1) is 14.6. The van der Waals surface area contributed by atoms with E-state index in [1.165, 1.54) is 4.90 Å². The molecule has 0 heterocycles. The van der Waals surface area contributed by atoms with Crippen LogP contribution in [0.3, 0.4) is 0 Å². The third kappa shape index (κ3) is 4.44. The van der Waals surface area contributed by atoms with Gasteiger partial charge in [-0.2, -0.15) is 0 Å². The lowest BCUT2D eigenvalue weighted by atomic mass is 10.1. The first-order valence-electron chi connectivity index (χ1n) is 5.32. The molecule has 5 heteroatoms. The second-order valence-corrected chi connectivity index (χ2v) is 3.75. The summed E-state index contributed by atoms with van der Waals surface area (Å²) in [5, 5.41) is 8.73. The third-order valence-electron chi connectivity index (χ3n) is 2.45. The van der Waals surface area contributed by atoms with Crippen LogP contribution in [0.25, 0.3) is 0 Å². The zero-order valence-electron chi connectivity index (χ0n) is 9.85. The highest BCUT2D eigenvalue weighted by Crippen LogP contribution is 2.07. The highest BCUT2D eigenvalue weighted by molar-refractivity contribution is 5.85. The number of rotatable bonds is 7. The molecular weight excluding hydrogens is 208 g/mol. The fourth-order valence-corrected chi connectivity index (χ4v) is 1.31. The van der Waals surface area contributed by atoms with E-state index in [0.717, 1.165) is 0 Å². The van der Waals surface area contributed by atoms with E-state index in [0.29, 0.717) is 12.8 Å². The number of hydrogen-bond acceptors (Lipinski definition) is 3. The van der Waals surface area contributed by atoms with Crippen molar-refractivity contribution in [3.8, 4) is 0 Å². The molecule has 0 aromatic heterocycles. The number of carboxylic acid groups (broad SMARTS) is 1. The largest absolute Gasteiger partial charge is 0.480 e. The molecule has 5 nitrogen and oxygen atoms in total. The van der Waals surface area contributed by atoms with E-state index in [2.05, 4.69) is 6.58 Å². The molecule has 92 valence electrons. The smallest absolute Gasteiger partial charge is 0.323 e. The van der Waals surface area contributed by atoms with Gasteiger partial charge in [0.25, 0.3) is 0 Å². The van der Waals surface area contributed by atoms with Crippen molar-refractivity contribution in [1.82, 2.24) is 4.90 Å². The minimum Gasteiger partial charge on any atom is -0.480 e. The number of carbonyl (C=O) groups excluding carboxylic acids is 1. The number of carbonyl (C=O) groups is 2. The van der Waals surface area contributed by atoms with Crippen LogP contribution in [0.1, 0.15) is 26.7 Å². The SMILES string of the molecule is C=CCC(N)C(=O)N(CC(=O)O)C(C)CC. The lowest BCUT2D eigenvalue weighted by Gasteiger charge is -2.29. The Balaban J connectivity index is 4.67. The van der Waals surface area contributed by atoms with Crippen LogP contribution >= 0.6 is 0 Å². The molecule has 0 aromatic carbocycles. The highest BCUT2D eigenvalue weighted by atomic mass is 16.4. The fourth-order valence-electron chi connectivity index (χ4n) is 1.31. The quantitative estimate of drug-likeness (QED) is 0.625. The predicted molar refractivity (Wildman–Crippen MR) is 61.9 cm³/mol. The van der Waals surface area contributed by atoms with Crippen molar-refractivity contribution in [2.75, 3.05) is 6.54 Å². The molecule has 0 aliphatic heterocycles. The Labute approximate surface area is 95.9 Å². The first-order chi connectivity index (χ1) is 7.43. The van der Waals surface area contributed by atoms with Crippen LogP contribution in [-0.2, 0) is 9.59 Å². The lowest BCUT2D eigenvalue weighted by Crippen LogP contribution is -2.49. The summed E-state index contributed by atoms with van der Waals surface area (Å²) in [4.78, 5) is 23.8. The van der Waals surface area contributed by atoms with E-state index in [9.17, 15) is 9.59 Å². The standard InChI is InChI=1S/C11H20N2O3/c1-4-6-9(12)11(16)13(7-10(14)15)8(3)5-2/h4,8-9H,1,5-7,12H2,2-3H3,(H,14,15). The molecule has 0 saturated carbocycles. The van der Waals surface area contributed by atoms with Crippen molar-refractivity contribution >= 4 is 11.9 Å². The molecule has 0 rings (SSSR count). The van der Waals surface area contributed by atoms with Crippen LogP contribution in [0.15, 0.2) is 12.7 Å². The average Bonchev–Trinajstić information content (AvgIpc) is 2.24. The molecule has 1 amide bonds. The third-order valence-corrected chi connectivity index (χ3v) is 2.45. The van der Waals surface area contributed by atoms with Gasteiger partial charge in [-0.25, -0.2) is 0 Å². The van der Waals surface area contributed by atoms with Crippen molar-refractivity contribution in [3.05, 3.63) is 12.7 Å². The zero-order chi connectivity index (χ0) is 12.7. The Morgan fingerprint density at radius 3 is 2.50 bits per heavy atom. The molecule has 0 radical (unpaired) electrons. The van der Waals surface area contributed by atoms with Crippen molar-refractivity contribution < 1.29 is 14.7 Å². The van der Waals surface area contributed by atoms with Gasteiger partial charge in [0.15, 0.2) is 0 Å². The Morgan fingerprint density at radius 1 is 1.56 bits per heavy atom. The van der Waals surface area contributed by atoms with Gasteiger partial charge in [-0.15, -0.1) is 6.58 Å². The highest BCUT2D eigenvalue weighted by Gasteiger charge is 2.25. The Bertz CT molecular complexity index is 266. The van der Waals surface area contributed by atoms with Gasteiger partial charge in [0.1, 0.15) is 6.54 Å². The summed E-state index contributed by atoms with van der Waals surface area (Å²) in [6, 6.07) is -0.828. The van der Waals surface area contributed by atoms with E-state index in [4.69, 9.17) is 10.8 Å². The van der Waals surface area contributed by atoms with Crippen LogP contribution in [0.4, 0.5) is 0 Å². The molecule has 0 aliphatic carbocycles. The molecule has 16 heavy (non-hydrogen) atoms. The Kier molecular flexibility index (Phi) is 6.41. The Hall–Kier alpha value is -1.36. The molecule has 3 N–H and O–H groups in total. The molecule has 2 atom stereocenters. The number of amides is 1. The lowest BCUT2D eigenvalue weighted by molar-refractivity contribution is -0.146. The summed E-state index contributed by atoms with van der Waals surface area (Å²) in [6.07, 6.45) is 2.60. The van der Waals surface area contributed by atoms with E-state index in [1.807, 2.05) is 13.8 Å². The number of hydrogen-bond donors (Lipinski definition) is 2. The minimum absolute atomic E-state index is 0.125. The maximum Gasteiger partial charge on any atom is 0.323 e. The predicted octanol–water partition coefficient (Wildman–Crippen LogP) is 0.601. The molecule has 0 fully saturated rings. The summed E-state index contributed by atoms with van der Waals surface area (Å²) in [7, 11) is 0. The first-order valence-corrected chi connectivity index (χ1v) is 5.32. The van der Waals surface area contributed by atoms with E-state index >= 15 is 0 Å². The van der Waals surface area contributed by atoms with Crippen molar-refractivity contribution in [2.45, 2.75) is 38.8 Å². The normalized spacial score (nSPS) is 13.9. The maximum atomic E-state index is 11.9. The number of nitrogens with zero attached hydrogens (tertiary/aromatic N) is 1. The topological polar surface area (TPSA) is 83.6 Å². The molecular formula is C11H20N2O3. The molecule has 0 bridgehead atoms. The van der Waals surface area contributed by atoms with Gasteiger partial charge in [0, 0.05) is 6.04 Å². The van der Waals surface area contributed by atoms with E-state index in [-0.39, 0.29) is 18.5 Å². The Morgan fingerprint density at radius 2 is 2.12 bits per heavy atom. The number of nitrogens with two attached hydrogens (primary N) is 1. The molecule has 0 saturated heterocycles. The van der Waals surface area contributed by atoms with E-state index in [1.54, 1.807) is 6.08 Å². The van der Waals surface area contributed by atoms with Crippen LogP contribution in [0, 0.1) is 0 Å². The minimum atomic E-state index is -1.03. The van der Waals surface area contributed by atoms with Gasteiger partial charge in [-0.05, 0) is 19.8 Å². The van der Waals surface area contributed by atoms with Gasteiger partial charge in [0.2, 0.25) is 5.91 Å². The summed E-state index contributed by atoms with van der Waals surface area (Å²) in [6.45, 7) is 6.90. The molecule has 2 unspecified atom stereocenters. The van der Waals surface area contributed by atoms with Crippen molar-refractivity contribution in [2.24, 2.45) is 5.73 Å². The number of carboxylic acids is 1. The van der Waals surface area contributed by atoms with Crippen LogP contribution < -0.4 is 5.73 Å².